The minimum Gasteiger partial charge on any atom is -0.369 e. The maximum absolute atomic E-state index is 5.72. The molecule has 1 aliphatic heterocycles. The summed E-state index contributed by atoms with van der Waals surface area (Å²) in [7, 11) is 0. The minimum absolute atomic E-state index is 0.0630. The fourth-order valence-corrected chi connectivity index (χ4v) is 2.43. The first-order valence-corrected chi connectivity index (χ1v) is 6.09. The number of ether oxygens (including phenoxy) is 1. The second-order valence-corrected chi connectivity index (χ2v) is 4.61. The zero-order chi connectivity index (χ0) is 11.0. The molecule has 0 amide bonds. The van der Waals surface area contributed by atoms with Gasteiger partial charge in [0.05, 0.1) is 22.4 Å². The summed E-state index contributed by atoms with van der Waals surface area (Å²) >= 11 is 3.50. The monoisotopic (exact) mass is 281 g/mol. The Hall–Kier alpha value is -0.910. The van der Waals surface area contributed by atoms with E-state index >= 15 is 0 Å². The molecule has 0 aromatic carbocycles. The van der Waals surface area contributed by atoms with E-state index in [0.29, 0.717) is 0 Å². The van der Waals surface area contributed by atoms with Crippen molar-refractivity contribution in [1.29, 1.82) is 0 Å². The summed E-state index contributed by atoms with van der Waals surface area (Å²) in [5.74, 6) is 0. The van der Waals surface area contributed by atoms with Gasteiger partial charge in [0, 0.05) is 13.1 Å². The van der Waals surface area contributed by atoms with Crippen LogP contribution >= 0.6 is 15.9 Å². The number of rotatable bonds is 1. The molecule has 16 heavy (non-hydrogen) atoms. The molecule has 5 heteroatoms. The van der Waals surface area contributed by atoms with Crippen molar-refractivity contribution >= 4 is 21.4 Å². The van der Waals surface area contributed by atoms with Crippen LogP contribution in [-0.2, 0) is 4.74 Å². The highest BCUT2D eigenvalue weighted by molar-refractivity contribution is 9.10. The van der Waals surface area contributed by atoms with E-state index in [1.165, 1.54) is 0 Å². The van der Waals surface area contributed by atoms with E-state index in [1.807, 2.05) is 22.9 Å². The van der Waals surface area contributed by atoms with Crippen molar-refractivity contribution in [3.63, 3.8) is 0 Å². The van der Waals surface area contributed by atoms with Gasteiger partial charge >= 0.3 is 0 Å². The Morgan fingerprint density at radius 1 is 1.50 bits per heavy atom. The number of aromatic nitrogens is 2. The van der Waals surface area contributed by atoms with Gasteiger partial charge in [-0.15, -0.1) is 0 Å². The Kier molecular flexibility index (Phi) is 2.67. The highest BCUT2D eigenvalue weighted by Crippen LogP contribution is 2.24. The quantitative estimate of drug-likeness (QED) is 0.810. The van der Waals surface area contributed by atoms with Gasteiger partial charge in [-0.3, -0.25) is 4.40 Å². The van der Waals surface area contributed by atoms with Gasteiger partial charge in [0.25, 0.3) is 0 Å². The summed E-state index contributed by atoms with van der Waals surface area (Å²) in [5.41, 5.74) is 2.11. The lowest BCUT2D eigenvalue weighted by molar-refractivity contribution is 0.0262. The molecule has 0 aliphatic carbocycles. The molecule has 0 unspecified atom stereocenters. The predicted molar refractivity (Wildman–Crippen MR) is 64.5 cm³/mol. The van der Waals surface area contributed by atoms with Gasteiger partial charge in [-0.2, -0.15) is 0 Å². The van der Waals surface area contributed by atoms with Crippen LogP contribution in [0.3, 0.4) is 0 Å². The van der Waals surface area contributed by atoms with Crippen LogP contribution in [0.2, 0.25) is 0 Å². The molecule has 84 valence electrons. The Morgan fingerprint density at radius 3 is 3.25 bits per heavy atom. The number of nitrogens with zero attached hydrogens (tertiary/aromatic N) is 2. The highest BCUT2D eigenvalue weighted by Gasteiger charge is 2.20. The maximum atomic E-state index is 5.72. The summed E-state index contributed by atoms with van der Waals surface area (Å²) in [4.78, 5) is 4.45. The normalized spacial score (nSPS) is 21.4. The van der Waals surface area contributed by atoms with E-state index in [9.17, 15) is 0 Å². The first-order chi connectivity index (χ1) is 7.86. The molecular formula is C11H12BrN3O. The Bertz CT molecular complexity index is 505. The average molecular weight is 282 g/mol. The van der Waals surface area contributed by atoms with E-state index in [2.05, 4.69) is 32.3 Å². The van der Waals surface area contributed by atoms with Gasteiger partial charge in [0.2, 0.25) is 0 Å². The van der Waals surface area contributed by atoms with Crippen molar-refractivity contribution < 1.29 is 4.74 Å². The number of morpholine rings is 1. The van der Waals surface area contributed by atoms with Crippen molar-refractivity contribution in [3.8, 4) is 0 Å². The fourth-order valence-electron chi connectivity index (χ4n) is 2.00. The van der Waals surface area contributed by atoms with E-state index in [4.69, 9.17) is 4.74 Å². The van der Waals surface area contributed by atoms with Crippen molar-refractivity contribution in [3.05, 3.63) is 34.8 Å². The third kappa shape index (κ3) is 1.65. The predicted octanol–water partition coefficient (Wildman–Crippen LogP) is 1.76. The lowest BCUT2D eigenvalue weighted by atomic mass is 10.2. The number of hydrogen-bond donors (Lipinski definition) is 1. The molecule has 0 spiro atoms. The van der Waals surface area contributed by atoms with Gasteiger partial charge in [-0.25, -0.2) is 4.98 Å². The smallest absolute Gasteiger partial charge is 0.114 e. The Labute approximate surface area is 102 Å². The zero-order valence-corrected chi connectivity index (χ0v) is 10.3. The highest BCUT2D eigenvalue weighted by atomic mass is 79.9. The lowest BCUT2D eigenvalue weighted by Gasteiger charge is -2.22. The van der Waals surface area contributed by atoms with Crippen molar-refractivity contribution in [2.45, 2.75) is 6.10 Å². The molecule has 1 atom stereocenters. The fraction of sp³-hybridized carbons (Fsp3) is 0.364. The average Bonchev–Trinajstić information content (AvgIpc) is 2.75. The molecule has 3 heterocycles. The number of pyridine rings is 1. The van der Waals surface area contributed by atoms with Crippen LogP contribution in [0.25, 0.3) is 5.52 Å². The van der Waals surface area contributed by atoms with Crippen LogP contribution in [0.4, 0.5) is 0 Å². The van der Waals surface area contributed by atoms with Gasteiger partial charge < -0.3 is 10.1 Å². The molecule has 3 rings (SSSR count). The molecule has 4 nitrogen and oxygen atoms in total. The topological polar surface area (TPSA) is 38.6 Å². The standard InChI is InChI=1S/C11H12BrN3O/c12-10-3-1-2-8-11(14-7-15(8)10)9-6-13-4-5-16-9/h1-3,7,9,13H,4-6H2/t9-/m0/s1. The summed E-state index contributed by atoms with van der Waals surface area (Å²) in [6.07, 6.45) is 1.89. The van der Waals surface area contributed by atoms with Crippen LogP contribution in [0, 0.1) is 0 Å². The number of hydrogen-bond acceptors (Lipinski definition) is 3. The van der Waals surface area contributed by atoms with Crippen LogP contribution < -0.4 is 5.32 Å². The summed E-state index contributed by atoms with van der Waals surface area (Å²) in [6.45, 7) is 2.50. The largest absolute Gasteiger partial charge is 0.369 e. The van der Waals surface area contributed by atoms with Crippen LogP contribution in [-0.4, -0.2) is 29.1 Å². The molecule has 1 saturated heterocycles. The number of fused-ring (bicyclic) bond motifs is 1. The van der Waals surface area contributed by atoms with Crippen molar-refractivity contribution in [2.24, 2.45) is 0 Å². The zero-order valence-electron chi connectivity index (χ0n) is 8.69. The van der Waals surface area contributed by atoms with Crippen LogP contribution in [0.15, 0.2) is 29.1 Å². The van der Waals surface area contributed by atoms with Crippen molar-refractivity contribution in [1.82, 2.24) is 14.7 Å². The van der Waals surface area contributed by atoms with Gasteiger partial charge in [0.15, 0.2) is 0 Å². The number of halogens is 1. The molecule has 1 N–H and O–H groups in total. The van der Waals surface area contributed by atoms with E-state index in [1.54, 1.807) is 0 Å². The van der Waals surface area contributed by atoms with Crippen molar-refractivity contribution in [2.75, 3.05) is 19.7 Å². The maximum Gasteiger partial charge on any atom is 0.114 e. The molecule has 0 radical (unpaired) electrons. The lowest BCUT2D eigenvalue weighted by Crippen LogP contribution is -2.33. The molecule has 1 aliphatic rings. The SMILES string of the molecule is Brc1cccc2c([C@@H]3CNCCO3)ncn12. The molecule has 2 aromatic rings. The third-order valence-electron chi connectivity index (χ3n) is 2.78. The number of nitrogens with one attached hydrogen (secondary N) is 1. The van der Waals surface area contributed by atoms with Gasteiger partial charge in [0.1, 0.15) is 12.4 Å². The molecule has 0 bridgehead atoms. The summed E-state index contributed by atoms with van der Waals surface area (Å²) < 4.78 is 8.74. The van der Waals surface area contributed by atoms with Gasteiger partial charge in [-0.05, 0) is 28.1 Å². The molecule has 0 saturated carbocycles. The van der Waals surface area contributed by atoms with Crippen LogP contribution in [0.1, 0.15) is 11.8 Å². The second kappa shape index (κ2) is 4.16. The molecule has 1 fully saturated rings. The second-order valence-electron chi connectivity index (χ2n) is 3.80. The summed E-state index contributed by atoms with van der Waals surface area (Å²) in [5, 5.41) is 3.32. The van der Waals surface area contributed by atoms with E-state index in [0.717, 1.165) is 35.5 Å². The van der Waals surface area contributed by atoms with Crippen LogP contribution in [0.5, 0.6) is 0 Å². The Balaban J connectivity index is 2.06. The molecular weight excluding hydrogens is 270 g/mol. The van der Waals surface area contributed by atoms with Gasteiger partial charge in [-0.1, -0.05) is 6.07 Å². The molecule has 2 aromatic heterocycles. The number of imidazole rings is 1. The summed E-state index contributed by atoms with van der Waals surface area (Å²) in [6, 6.07) is 6.07. The van der Waals surface area contributed by atoms with E-state index < -0.39 is 0 Å². The minimum atomic E-state index is 0.0630. The first-order valence-electron chi connectivity index (χ1n) is 5.30. The van der Waals surface area contributed by atoms with E-state index in [-0.39, 0.29) is 6.10 Å². The Morgan fingerprint density at radius 2 is 2.44 bits per heavy atom. The third-order valence-corrected chi connectivity index (χ3v) is 3.43. The first kappa shape index (κ1) is 10.3.